The number of hydroxylamine groups is 1. The molecule has 0 unspecified atom stereocenters. The van der Waals surface area contributed by atoms with E-state index in [1.165, 1.54) is 30.3 Å². The van der Waals surface area contributed by atoms with Crippen molar-refractivity contribution in [3.8, 4) is 0 Å². The summed E-state index contributed by atoms with van der Waals surface area (Å²) in [5, 5.41) is 13.7. The second kappa shape index (κ2) is 10.6. The zero-order valence-corrected chi connectivity index (χ0v) is 16.5. The molecule has 0 saturated heterocycles. The van der Waals surface area contributed by atoms with E-state index < -0.39 is 18.4 Å². The van der Waals surface area contributed by atoms with Crippen LogP contribution >= 0.6 is 11.6 Å². The van der Waals surface area contributed by atoms with E-state index in [0.29, 0.717) is 4.73 Å². The summed E-state index contributed by atoms with van der Waals surface area (Å²) >= 11 is 6.26. The van der Waals surface area contributed by atoms with Gasteiger partial charge in [0.1, 0.15) is 12.9 Å². The minimum Gasteiger partial charge on any atom is -0.427 e. The Labute approximate surface area is 175 Å². The summed E-state index contributed by atoms with van der Waals surface area (Å²) in [7, 11) is 0. The number of primary amides is 1. The summed E-state index contributed by atoms with van der Waals surface area (Å²) in [4.78, 5) is 20.2. The van der Waals surface area contributed by atoms with Crippen LogP contribution < -0.4 is 22.5 Å². The van der Waals surface area contributed by atoms with E-state index in [1.807, 2.05) is 0 Å². The van der Waals surface area contributed by atoms with Gasteiger partial charge in [0.2, 0.25) is 5.91 Å². The van der Waals surface area contributed by atoms with Crippen molar-refractivity contribution < 1.29 is 23.6 Å². The Balaban J connectivity index is 2.38. The van der Waals surface area contributed by atoms with E-state index in [-0.39, 0.29) is 46.8 Å². The summed E-state index contributed by atoms with van der Waals surface area (Å²) in [6.07, 6.45) is 0.874. The van der Waals surface area contributed by atoms with E-state index in [4.69, 9.17) is 28.0 Å². The Hall–Kier alpha value is -3.18. The van der Waals surface area contributed by atoms with E-state index in [2.05, 4.69) is 15.6 Å². The first-order valence-corrected chi connectivity index (χ1v) is 9.07. The summed E-state index contributed by atoms with van der Waals surface area (Å²) in [5.41, 5.74) is 7.46. The SMILES string of the molecule is NN=CNOCCc1c(Cl)c(CC(N)=O)cc(=NCC(F)(F)c2ccccc2)n1O. The molecule has 0 radical (unpaired) electrons. The van der Waals surface area contributed by atoms with Gasteiger partial charge in [0, 0.05) is 12.0 Å². The molecule has 0 aliphatic carbocycles. The van der Waals surface area contributed by atoms with Crippen molar-refractivity contribution in [2.45, 2.75) is 18.8 Å². The number of nitrogens with one attached hydrogen (secondary N) is 1. The van der Waals surface area contributed by atoms with E-state index >= 15 is 0 Å². The van der Waals surface area contributed by atoms with Crippen molar-refractivity contribution in [1.82, 2.24) is 10.2 Å². The number of nitrogens with two attached hydrogens (primary N) is 2. The first kappa shape index (κ1) is 23.1. The molecule has 0 fully saturated rings. The van der Waals surface area contributed by atoms with Gasteiger partial charge in [0.25, 0.3) is 5.92 Å². The van der Waals surface area contributed by atoms with E-state index in [9.17, 15) is 18.8 Å². The Morgan fingerprint density at radius 3 is 2.70 bits per heavy atom. The molecule has 12 heteroatoms. The quantitative estimate of drug-likeness (QED) is 0.109. The molecule has 1 aromatic heterocycles. The molecule has 0 aliphatic heterocycles. The maximum atomic E-state index is 14.4. The molecule has 1 heterocycles. The van der Waals surface area contributed by atoms with Crippen LogP contribution in [-0.2, 0) is 28.4 Å². The average Bonchev–Trinajstić information content (AvgIpc) is 2.71. The van der Waals surface area contributed by atoms with Gasteiger partial charge in [-0.3, -0.25) is 20.1 Å². The maximum absolute atomic E-state index is 14.4. The molecule has 0 spiro atoms. The second-order valence-electron chi connectivity index (χ2n) is 6.12. The van der Waals surface area contributed by atoms with Crippen LogP contribution in [0.25, 0.3) is 0 Å². The second-order valence-corrected chi connectivity index (χ2v) is 6.50. The smallest absolute Gasteiger partial charge is 0.292 e. The summed E-state index contributed by atoms with van der Waals surface area (Å²) < 4.78 is 29.5. The van der Waals surface area contributed by atoms with Crippen molar-refractivity contribution in [2.24, 2.45) is 21.7 Å². The van der Waals surface area contributed by atoms with Crippen LogP contribution in [0.2, 0.25) is 5.02 Å². The van der Waals surface area contributed by atoms with Gasteiger partial charge >= 0.3 is 0 Å². The number of carbonyl (C=O) groups excluding carboxylic acids is 1. The minimum atomic E-state index is -3.27. The molecule has 30 heavy (non-hydrogen) atoms. The lowest BCUT2D eigenvalue weighted by Crippen LogP contribution is -2.29. The molecule has 0 saturated carbocycles. The summed E-state index contributed by atoms with van der Waals surface area (Å²) in [5.74, 6) is 0.955. The number of benzene rings is 1. The highest BCUT2D eigenvalue weighted by Gasteiger charge is 2.31. The third kappa shape index (κ3) is 6.16. The number of carbonyl (C=O) groups is 1. The molecule has 2 rings (SSSR count). The van der Waals surface area contributed by atoms with Gasteiger partial charge in [-0.15, -0.1) is 0 Å². The number of hydrogen-bond donors (Lipinski definition) is 4. The standard InChI is InChI=1S/C18H21ClF2N6O3/c19-17-12(8-15(22)28)9-16(27(29)14(17)6-7-30-26-11-25-23)24-10-18(20,21)13-4-2-1-3-5-13/h1-5,9,11,29H,6-8,10,23H2,(H2,22,28)(H,25,26). The number of nitrogens with zero attached hydrogens (tertiary/aromatic N) is 3. The van der Waals surface area contributed by atoms with Gasteiger partial charge in [-0.1, -0.05) is 41.9 Å². The Morgan fingerprint density at radius 2 is 2.07 bits per heavy atom. The zero-order chi connectivity index (χ0) is 22.1. The van der Waals surface area contributed by atoms with Gasteiger partial charge in [-0.05, 0) is 11.6 Å². The number of hydrogen-bond acceptors (Lipinski definition) is 6. The fourth-order valence-electron chi connectivity index (χ4n) is 2.57. The highest BCUT2D eigenvalue weighted by Crippen LogP contribution is 2.27. The first-order valence-electron chi connectivity index (χ1n) is 8.70. The monoisotopic (exact) mass is 442 g/mol. The molecule has 0 bridgehead atoms. The van der Waals surface area contributed by atoms with Crippen molar-refractivity contribution in [3.05, 3.63) is 63.7 Å². The molecule has 1 amide bonds. The average molecular weight is 443 g/mol. The lowest BCUT2D eigenvalue weighted by atomic mass is 10.1. The lowest BCUT2D eigenvalue weighted by molar-refractivity contribution is -0.117. The topological polar surface area (TPSA) is 140 Å². The largest absolute Gasteiger partial charge is 0.427 e. The number of aromatic nitrogens is 1. The molecule has 1 aromatic carbocycles. The normalized spacial score (nSPS) is 12.4. The third-order valence-electron chi connectivity index (χ3n) is 3.96. The predicted molar refractivity (Wildman–Crippen MR) is 106 cm³/mol. The third-order valence-corrected chi connectivity index (χ3v) is 4.42. The van der Waals surface area contributed by atoms with Crippen LogP contribution in [0, 0.1) is 0 Å². The van der Waals surface area contributed by atoms with E-state index in [1.54, 1.807) is 6.07 Å². The van der Waals surface area contributed by atoms with Crippen molar-refractivity contribution >= 4 is 23.8 Å². The number of amides is 1. The van der Waals surface area contributed by atoms with Crippen LogP contribution in [0.4, 0.5) is 8.78 Å². The Morgan fingerprint density at radius 1 is 1.37 bits per heavy atom. The van der Waals surface area contributed by atoms with Crippen LogP contribution in [0.5, 0.6) is 0 Å². The fraction of sp³-hybridized carbons (Fsp3) is 0.278. The number of alkyl halides is 2. The van der Waals surface area contributed by atoms with Crippen LogP contribution in [0.3, 0.4) is 0 Å². The Bertz CT molecular complexity index is 966. The highest BCUT2D eigenvalue weighted by molar-refractivity contribution is 6.32. The van der Waals surface area contributed by atoms with Gasteiger partial charge < -0.3 is 16.8 Å². The summed E-state index contributed by atoms with van der Waals surface area (Å²) in [6.45, 7) is -0.925. The van der Waals surface area contributed by atoms with Crippen LogP contribution in [0.15, 0.2) is 46.5 Å². The number of halogens is 3. The van der Waals surface area contributed by atoms with Crippen LogP contribution in [-0.4, -0.2) is 35.3 Å². The van der Waals surface area contributed by atoms with Gasteiger partial charge in [-0.25, -0.2) is 0 Å². The van der Waals surface area contributed by atoms with Gasteiger partial charge in [0.15, 0.2) is 5.49 Å². The molecule has 0 atom stereocenters. The molecular weight excluding hydrogens is 422 g/mol. The molecule has 9 nitrogen and oxygen atoms in total. The zero-order valence-electron chi connectivity index (χ0n) is 15.8. The van der Waals surface area contributed by atoms with Crippen molar-refractivity contribution in [2.75, 3.05) is 13.2 Å². The number of pyridine rings is 1. The van der Waals surface area contributed by atoms with Crippen molar-refractivity contribution in [3.63, 3.8) is 0 Å². The van der Waals surface area contributed by atoms with Gasteiger partial charge in [-0.2, -0.15) is 18.6 Å². The van der Waals surface area contributed by atoms with Crippen molar-refractivity contribution in [1.29, 1.82) is 0 Å². The predicted octanol–water partition coefficient (Wildman–Crippen LogP) is 1.07. The maximum Gasteiger partial charge on any atom is 0.292 e. The Kier molecular flexibility index (Phi) is 8.13. The summed E-state index contributed by atoms with van der Waals surface area (Å²) in [6, 6.07) is 8.40. The molecule has 162 valence electrons. The number of rotatable bonds is 10. The van der Waals surface area contributed by atoms with Gasteiger partial charge in [0.05, 0.1) is 23.7 Å². The molecule has 2 aromatic rings. The van der Waals surface area contributed by atoms with Crippen LogP contribution in [0.1, 0.15) is 16.8 Å². The lowest BCUT2D eigenvalue weighted by Gasteiger charge is -2.16. The number of hydrazone groups is 1. The first-order chi connectivity index (χ1) is 14.3. The minimum absolute atomic E-state index is 0.00589. The fourth-order valence-corrected chi connectivity index (χ4v) is 2.87. The highest BCUT2D eigenvalue weighted by atomic mass is 35.5. The molecule has 6 N–H and O–H groups in total. The van der Waals surface area contributed by atoms with E-state index in [0.717, 1.165) is 6.34 Å². The molecular formula is C18H21ClF2N6O3. The molecule has 0 aliphatic rings.